The highest BCUT2D eigenvalue weighted by Gasteiger charge is 2.12. The molecule has 1 aromatic carbocycles. The van der Waals surface area contributed by atoms with Crippen molar-refractivity contribution in [1.29, 1.82) is 0 Å². The summed E-state index contributed by atoms with van der Waals surface area (Å²) in [6.07, 6.45) is 1.59. The van der Waals surface area contributed by atoms with E-state index in [9.17, 15) is 4.79 Å². The molecule has 25 heavy (non-hydrogen) atoms. The van der Waals surface area contributed by atoms with Crippen molar-refractivity contribution in [2.45, 2.75) is 52.7 Å². The van der Waals surface area contributed by atoms with Crippen molar-refractivity contribution in [3.05, 3.63) is 29.8 Å². The molecule has 1 amide bonds. The Kier molecular flexibility index (Phi) is 9.35. The number of hydrogen-bond acceptors (Lipinski definition) is 4. The number of benzene rings is 1. The predicted octanol–water partition coefficient (Wildman–Crippen LogP) is 4.67. The van der Waals surface area contributed by atoms with E-state index in [1.807, 2.05) is 19.1 Å². The molecule has 1 rings (SSSR count). The normalized spacial score (nSPS) is 13.4. The highest BCUT2D eigenvalue weighted by Crippen LogP contribution is 2.28. The van der Waals surface area contributed by atoms with Gasteiger partial charge in [0.1, 0.15) is 5.75 Å². The van der Waals surface area contributed by atoms with Gasteiger partial charge in [-0.2, -0.15) is 0 Å². The number of hydrogen-bond donors (Lipinski definition) is 0. The lowest BCUT2D eigenvalue weighted by Crippen LogP contribution is -2.31. The smallest absolute Gasteiger partial charge is 0.409 e. The van der Waals surface area contributed by atoms with Gasteiger partial charge in [-0.15, -0.1) is 0 Å². The molecule has 0 aliphatic carbocycles. The van der Waals surface area contributed by atoms with Crippen LogP contribution in [0.2, 0.25) is 0 Å². The van der Waals surface area contributed by atoms with E-state index in [-0.39, 0.29) is 12.4 Å². The lowest BCUT2D eigenvalue weighted by Gasteiger charge is -2.20. The third-order valence-electron chi connectivity index (χ3n) is 4.17. The summed E-state index contributed by atoms with van der Waals surface area (Å²) in [5.41, 5.74) is 1.36. The van der Waals surface area contributed by atoms with E-state index in [0.717, 1.165) is 12.2 Å². The molecule has 0 fully saturated rings. The van der Waals surface area contributed by atoms with E-state index in [4.69, 9.17) is 9.47 Å². The number of carbonyl (C=O) groups excluding carboxylic acids is 1. The fourth-order valence-corrected chi connectivity index (χ4v) is 2.75. The minimum absolute atomic E-state index is 0.375. The van der Waals surface area contributed by atoms with Crippen molar-refractivity contribution >= 4 is 6.09 Å². The average Bonchev–Trinajstić information content (AvgIpc) is 2.59. The monoisotopic (exact) mass is 351 g/mol. The van der Waals surface area contributed by atoms with Gasteiger partial charge < -0.3 is 19.1 Å². The van der Waals surface area contributed by atoms with Crippen LogP contribution in [0.4, 0.5) is 4.79 Å². The van der Waals surface area contributed by atoms with Gasteiger partial charge in [-0.1, -0.05) is 32.9 Å². The molecule has 0 aliphatic rings. The van der Waals surface area contributed by atoms with Crippen LogP contribution in [0.25, 0.3) is 0 Å². The Morgan fingerprint density at radius 1 is 1.16 bits per heavy atom. The van der Waals surface area contributed by atoms with Gasteiger partial charge in [-0.25, -0.2) is 4.79 Å². The molecule has 0 saturated carbocycles. The highest BCUT2D eigenvalue weighted by molar-refractivity contribution is 5.66. The standard InChI is InChI=1S/C20H33NO4/c1-7-17(14-15(2)3)18-8-10-19(11-9-18)25-16(4)24-13-12-21(5)20(22)23-6/h8-11,15-17H,7,12-14H2,1-6H3. The quantitative estimate of drug-likeness (QED) is 0.575. The number of ether oxygens (including phenoxy) is 3. The van der Waals surface area contributed by atoms with Crippen molar-refractivity contribution in [2.75, 3.05) is 27.3 Å². The summed E-state index contributed by atoms with van der Waals surface area (Å²) < 4.78 is 16.0. The van der Waals surface area contributed by atoms with Crippen molar-refractivity contribution in [1.82, 2.24) is 4.90 Å². The molecule has 5 heteroatoms. The SMILES string of the molecule is CCC(CC(C)C)c1ccc(OC(C)OCCN(C)C(=O)OC)cc1. The molecule has 2 unspecified atom stereocenters. The summed E-state index contributed by atoms with van der Waals surface area (Å²) in [4.78, 5) is 12.7. The molecule has 0 N–H and O–H groups in total. The summed E-state index contributed by atoms with van der Waals surface area (Å²) in [5.74, 6) is 2.07. The maximum atomic E-state index is 11.3. The molecule has 2 atom stereocenters. The molecule has 0 aromatic heterocycles. The van der Waals surface area contributed by atoms with E-state index in [0.29, 0.717) is 25.0 Å². The van der Waals surface area contributed by atoms with E-state index in [1.165, 1.54) is 24.0 Å². The minimum atomic E-state index is -0.380. The Morgan fingerprint density at radius 2 is 1.80 bits per heavy atom. The molecule has 0 radical (unpaired) electrons. The van der Waals surface area contributed by atoms with E-state index in [1.54, 1.807) is 7.05 Å². The summed E-state index contributed by atoms with van der Waals surface area (Å²) in [6.45, 7) is 9.44. The molecular weight excluding hydrogens is 318 g/mol. The summed E-state index contributed by atoms with van der Waals surface area (Å²) >= 11 is 0. The van der Waals surface area contributed by atoms with Gasteiger partial charge in [0.2, 0.25) is 0 Å². The van der Waals surface area contributed by atoms with Gasteiger partial charge in [-0.05, 0) is 49.3 Å². The molecule has 5 nitrogen and oxygen atoms in total. The molecule has 0 spiro atoms. The first-order chi connectivity index (χ1) is 11.9. The summed E-state index contributed by atoms with van der Waals surface area (Å²) in [7, 11) is 3.03. The number of methoxy groups -OCH3 is 1. The van der Waals surface area contributed by atoms with Crippen LogP contribution in [0.3, 0.4) is 0 Å². The zero-order valence-electron chi connectivity index (χ0n) is 16.5. The van der Waals surface area contributed by atoms with Gasteiger partial charge in [0.25, 0.3) is 0 Å². The van der Waals surface area contributed by atoms with Crippen LogP contribution in [0, 0.1) is 5.92 Å². The van der Waals surface area contributed by atoms with Crippen LogP contribution in [0.5, 0.6) is 5.75 Å². The van der Waals surface area contributed by atoms with Crippen LogP contribution in [-0.4, -0.2) is 44.6 Å². The molecule has 142 valence electrons. The number of rotatable bonds is 10. The third kappa shape index (κ3) is 7.78. The van der Waals surface area contributed by atoms with E-state index >= 15 is 0 Å². The molecule has 0 aliphatic heterocycles. The maximum Gasteiger partial charge on any atom is 0.409 e. The van der Waals surface area contributed by atoms with Crippen molar-refractivity contribution < 1.29 is 19.0 Å². The summed E-state index contributed by atoms with van der Waals surface area (Å²) in [5, 5.41) is 0. The first-order valence-electron chi connectivity index (χ1n) is 9.04. The number of carbonyl (C=O) groups is 1. The lowest BCUT2D eigenvalue weighted by atomic mass is 9.88. The number of amides is 1. The predicted molar refractivity (Wildman–Crippen MR) is 100 cm³/mol. The minimum Gasteiger partial charge on any atom is -0.465 e. The van der Waals surface area contributed by atoms with Crippen LogP contribution < -0.4 is 4.74 Å². The van der Waals surface area contributed by atoms with Crippen molar-refractivity contribution in [2.24, 2.45) is 5.92 Å². The Bertz CT molecular complexity index is 501. The Balaban J connectivity index is 2.45. The van der Waals surface area contributed by atoms with Gasteiger partial charge >= 0.3 is 6.09 Å². The van der Waals surface area contributed by atoms with Gasteiger partial charge in [0.15, 0.2) is 6.29 Å². The fourth-order valence-electron chi connectivity index (χ4n) is 2.75. The van der Waals surface area contributed by atoms with Crippen LogP contribution in [-0.2, 0) is 9.47 Å². The first-order valence-corrected chi connectivity index (χ1v) is 9.04. The lowest BCUT2D eigenvalue weighted by molar-refractivity contribution is -0.0698. The van der Waals surface area contributed by atoms with Gasteiger partial charge in [-0.3, -0.25) is 0 Å². The van der Waals surface area contributed by atoms with Gasteiger partial charge in [0.05, 0.1) is 13.7 Å². The zero-order chi connectivity index (χ0) is 18.8. The van der Waals surface area contributed by atoms with Gasteiger partial charge in [0, 0.05) is 13.6 Å². The largest absolute Gasteiger partial charge is 0.465 e. The second kappa shape index (κ2) is 11.0. The highest BCUT2D eigenvalue weighted by atomic mass is 16.7. The molecule has 0 saturated heterocycles. The summed E-state index contributed by atoms with van der Waals surface area (Å²) in [6, 6.07) is 8.28. The Hall–Kier alpha value is -1.75. The first kappa shape index (κ1) is 21.3. The average molecular weight is 351 g/mol. The van der Waals surface area contributed by atoms with Crippen LogP contribution in [0.15, 0.2) is 24.3 Å². The van der Waals surface area contributed by atoms with Crippen molar-refractivity contribution in [3.63, 3.8) is 0 Å². The molecular formula is C20H33NO4. The van der Waals surface area contributed by atoms with Crippen LogP contribution >= 0.6 is 0 Å². The zero-order valence-corrected chi connectivity index (χ0v) is 16.5. The molecule has 1 aromatic rings. The molecule has 0 heterocycles. The Labute approximate surface area is 152 Å². The van der Waals surface area contributed by atoms with E-state index in [2.05, 4.69) is 37.6 Å². The topological polar surface area (TPSA) is 48.0 Å². The third-order valence-corrected chi connectivity index (χ3v) is 4.17. The second-order valence-corrected chi connectivity index (χ2v) is 6.75. The second-order valence-electron chi connectivity index (χ2n) is 6.75. The van der Waals surface area contributed by atoms with E-state index < -0.39 is 0 Å². The maximum absolute atomic E-state index is 11.3. The molecule has 0 bridgehead atoms. The van der Waals surface area contributed by atoms with Crippen LogP contribution in [0.1, 0.15) is 52.0 Å². The number of likely N-dealkylation sites (N-methyl/N-ethyl adjacent to an activating group) is 1. The number of nitrogens with zero attached hydrogens (tertiary/aromatic N) is 1. The fraction of sp³-hybridized carbons (Fsp3) is 0.650. The Morgan fingerprint density at radius 3 is 2.32 bits per heavy atom. The van der Waals surface area contributed by atoms with Crippen molar-refractivity contribution in [3.8, 4) is 5.75 Å².